The van der Waals surface area contributed by atoms with Crippen LogP contribution in [0.1, 0.15) is 12.5 Å². The average molecular weight is 414 g/mol. The molecule has 0 fully saturated rings. The second-order valence-corrected chi connectivity index (χ2v) is 6.23. The lowest BCUT2D eigenvalue weighted by molar-refractivity contribution is -0.385. The predicted molar refractivity (Wildman–Crippen MR) is 94.2 cm³/mol. The fraction of sp³-hybridized carbons (Fsp3) is 0.188. The molecule has 0 heterocycles. The molecule has 6 nitrogen and oxygen atoms in total. The molecule has 0 bridgehead atoms. The number of para-hydroxylation sites is 1. The van der Waals surface area contributed by atoms with Crippen LogP contribution in [0, 0.1) is 10.1 Å². The third-order valence-corrected chi connectivity index (χ3v) is 4.06. The van der Waals surface area contributed by atoms with Crippen molar-refractivity contribution in [3.8, 4) is 5.75 Å². The summed E-state index contributed by atoms with van der Waals surface area (Å²) >= 11 is 9.16. The first kappa shape index (κ1) is 18.2. The van der Waals surface area contributed by atoms with Crippen LogP contribution < -0.4 is 10.1 Å². The second kappa shape index (κ2) is 8.12. The number of nitro benzene ring substituents is 1. The van der Waals surface area contributed by atoms with Crippen LogP contribution in [0.2, 0.25) is 5.02 Å². The van der Waals surface area contributed by atoms with Crippen molar-refractivity contribution in [2.24, 2.45) is 0 Å². The monoisotopic (exact) mass is 412 g/mol. The largest absolute Gasteiger partial charge is 0.480 e. The number of nitro groups is 1. The van der Waals surface area contributed by atoms with Crippen LogP contribution in [0.25, 0.3) is 0 Å². The Morgan fingerprint density at radius 1 is 1.38 bits per heavy atom. The smallest absolute Gasteiger partial charge is 0.274 e. The molecule has 2 rings (SSSR count). The molecule has 0 saturated heterocycles. The molecule has 2 aromatic carbocycles. The predicted octanol–water partition coefficient (Wildman–Crippen LogP) is 4.09. The molecule has 8 heteroatoms. The molecule has 24 heavy (non-hydrogen) atoms. The first-order valence-electron chi connectivity index (χ1n) is 7.00. The summed E-state index contributed by atoms with van der Waals surface area (Å²) < 4.78 is 6.21. The molecule has 2 aromatic rings. The average Bonchev–Trinajstić information content (AvgIpc) is 2.55. The van der Waals surface area contributed by atoms with E-state index in [4.69, 9.17) is 16.3 Å². The van der Waals surface area contributed by atoms with Crippen LogP contribution in [0.3, 0.4) is 0 Å². The van der Waals surface area contributed by atoms with Gasteiger partial charge in [0.1, 0.15) is 5.75 Å². The molecular weight excluding hydrogens is 400 g/mol. The van der Waals surface area contributed by atoms with Gasteiger partial charge in [-0.2, -0.15) is 0 Å². The minimum atomic E-state index is -0.773. The van der Waals surface area contributed by atoms with Gasteiger partial charge in [0.25, 0.3) is 11.6 Å². The van der Waals surface area contributed by atoms with Crippen molar-refractivity contribution in [2.45, 2.75) is 19.6 Å². The van der Waals surface area contributed by atoms with Crippen molar-refractivity contribution in [2.75, 3.05) is 0 Å². The molecular formula is C16H14BrClN2O4. The van der Waals surface area contributed by atoms with Crippen molar-refractivity contribution in [3.05, 3.63) is 67.6 Å². The number of carbonyl (C=O) groups is 1. The summed E-state index contributed by atoms with van der Waals surface area (Å²) in [7, 11) is 0. The summed E-state index contributed by atoms with van der Waals surface area (Å²) in [6.45, 7) is 1.64. The number of nitrogens with zero attached hydrogens (tertiary/aromatic N) is 1. The molecule has 0 aromatic heterocycles. The maximum atomic E-state index is 12.1. The highest BCUT2D eigenvalue weighted by molar-refractivity contribution is 9.10. The van der Waals surface area contributed by atoms with Gasteiger partial charge in [0.15, 0.2) is 6.10 Å². The molecule has 0 aliphatic heterocycles. The normalized spacial score (nSPS) is 11.6. The quantitative estimate of drug-likeness (QED) is 0.571. The van der Waals surface area contributed by atoms with Crippen LogP contribution in [-0.2, 0) is 11.3 Å². The number of rotatable bonds is 6. The fourth-order valence-corrected chi connectivity index (χ4v) is 2.76. The van der Waals surface area contributed by atoms with E-state index >= 15 is 0 Å². The third kappa shape index (κ3) is 4.69. The number of halogens is 2. The molecule has 0 spiro atoms. The zero-order chi connectivity index (χ0) is 17.7. The van der Waals surface area contributed by atoms with E-state index in [-0.39, 0.29) is 18.1 Å². The Hall–Kier alpha value is -2.12. The lowest BCUT2D eigenvalue weighted by Crippen LogP contribution is -2.36. The lowest BCUT2D eigenvalue weighted by atomic mass is 10.2. The van der Waals surface area contributed by atoms with Gasteiger partial charge in [-0.15, -0.1) is 0 Å². The molecule has 0 aliphatic carbocycles. The van der Waals surface area contributed by atoms with E-state index in [1.165, 1.54) is 6.07 Å². The fourth-order valence-electron chi connectivity index (χ4n) is 1.98. The number of hydrogen-bond donors (Lipinski definition) is 1. The van der Waals surface area contributed by atoms with Gasteiger partial charge in [0, 0.05) is 23.2 Å². The van der Waals surface area contributed by atoms with Gasteiger partial charge in [0.05, 0.1) is 9.40 Å². The van der Waals surface area contributed by atoms with Crippen LogP contribution >= 0.6 is 27.5 Å². The van der Waals surface area contributed by atoms with Crippen LogP contribution in [0.15, 0.2) is 46.9 Å². The highest BCUT2D eigenvalue weighted by atomic mass is 79.9. The molecule has 1 unspecified atom stereocenters. The van der Waals surface area contributed by atoms with Crippen molar-refractivity contribution in [3.63, 3.8) is 0 Å². The van der Waals surface area contributed by atoms with Crippen LogP contribution in [-0.4, -0.2) is 16.9 Å². The summed E-state index contributed by atoms with van der Waals surface area (Å²) in [4.78, 5) is 22.6. The van der Waals surface area contributed by atoms with E-state index in [2.05, 4.69) is 21.2 Å². The molecule has 1 amide bonds. The molecule has 0 radical (unpaired) electrons. The molecule has 126 valence electrons. The summed E-state index contributed by atoms with van der Waals surface area (Å²) in [5, 5.41) is 14.1. The Kier molecular flexibility index (Phi) is 6.16. The minimum absolute atomic E-state index is 0.0354. The zero-order valence-corrected chi connectivity index (χ0v) is 15.0. The highest BCUT2D eigenvalue weighted by Crippen LogP contribution is 2.28. The maximum Gasteiger partial charge on any atom is 0.274 e. The highest BCUT2D eigenvalue weighted by Gasteiger charge is 2.18. The van der Waals surface area contributed by atoms with Crippen LogP contribution in [0.5, 0.6) is 5.75 Å². The Bertz CT molecular complexity index is 769. The standard InChI is InChI=1S/C16H14BrClN2O4/c1-10(24-15-7-6-12(18)8-13(15)17)16(21)19-9-11-4-2-3-5-14(11)20(22)23/h2-8,10H,9H2,1H3,(H,19,21). The van der Waals surface area contributed by atoms with Gasteiger partial charge in [-0.3, -0.25) is 14.9 Å². The van der Waals surface area contributed by atoms with Gasteiger partial charge in [0.2, 0.25) is 0 Å². The summed E-state index contributed by atoms with van der Waals surface area (Å²) in [5.41, 5.74) is 0.391. The van der Waals surface area contributed by atoms with Gasteiger partial charge in [-0.05, 0) is 41.1 Å². The molecule has 1 atom stereocenters. The molecule has 0 aliphatic rings. The van der Waals surface area contributed by atoms with E-state index in [1.54, 1.807) is 43.3 Å². The number of nitrogens with one attached hydrogen (secondary N) is 1. The Morgan fingerprint density at radius 3 is 2.75 bits per heavy atom. The Labute approximate surface area is 152 Å². The van der Waals surface area contributed by atoms with Gasteiger partial charge >= 0.3 is 0 Å². The number of amides is 1. The number of benzene rings is 2. The van der Waals surface area contributed by atoms with Crippen molar-refractivity contribution in [1.29, 1.82) is 0 Å². The third-order valence-electron chi connectivity index (χ3n) is 3.21. The van der Waals surface area contributed by atoms with E-state index in [1.807, 2.05) is 0 Å². The maximum absolute atomic E-state index is 12.1. The Morgan fingerprint density at radius 2 is 2.08 bits per heavy atom. The SMILES string of the molecule is CC(Oc1ccc(Cl)cc1Br)C(=O)NCc1ccccc1[N+](=O)[O-]. The summed E-state index contributed by atoms with van der Waals surface area (Å²) in [6, 6.07) is 11.2. The summed E-state index contributed by atoms with van der Waals surface area (Å²) in [5.74, 6) is 0.0998. The van der Waals surface area contributed by atoms with Gasteiger partial charge < -0.3 is 10.1 Å². The number of hydrogen-bond acceptors (Lipinski definition) is 4. The van der Waals surface area contributed by atoms with Crippen molar-refractivity contribution < 1.29 is 14.5 Å². The van der Waals surface area contributed by atoms with Crippen molar-refractivity contribution >= 4 is 39.1 Å². The summed E-state index contributed by atoms with van der Waals surface area (Å²) in [6.07, 6.45) is -0.773. The van der Waals surface area contributed by atoms with E-state index in [0.717, 1.165) is 0 Å². The number of carbonyl (C=O) groups excluding carboxylic acids is 1. The Balaban J connectivity index is 1.98. The first-order chi connectivity index (χ1) is 11.4. The lowest BCUT2D eigenvalue weighted by Gasteiger charge is -2.16. The van der Waals surface area contributed by atoms with Crippen molar-refractivity contribution in [1.82, 2.24) is 5.32 Å². The number of ether oxygens (including phenoxy) is 1. The zero-order valence-electron chi connectivity index (χ0n) is 12.7. The molecule has 1 N–H and O–H groups in total. The second-order valence-electron chi connectivity index (χ2n) is 4.94. The van der Waals surface area contributed by atoms with Crippen LogP contribution in [0.4, 0.5) is 5.69 Å². The topological polar surface area (TPSA) is 81.5 Å². The van der Waals surface area contributed by atoms with Gasteiger partial charge in [-0.1, -0.05) is 29.8 Å². The van der Waals surface area contributed by atoms with E-state index in [0.29, 0.717) is 20.8 Å². The minimum Gasteiger partial charge on any atom is -0.480 e. The van der Waals surface area contributed by atoms with E-state index < -0.39 is 11.0 Å². The first-order valence-corrected chi connectivity index (χ1v) is 8.17. The van der Waals surface area contributed by atoms with E-state index in [9.17, 15) is 14.9 Å². The molecule has 0 saturated carbocycles. The van der Waals surface area contributed by atoms with Gasteiger partial charge in [-0.25, -0.2) is 0 Å².